The molecule has 1 N–H and O–H groups in total. The number of hydrogen-bond acceptors (Lipinski definition) is 6. The number of esters is 1. The van der Waals surface area contributed by atoms with Crippen molar-refractivity contribution in [2.75, 3.05) is 5.32 Å². The van der Waals surface area contributed by atoms with Gasteiger partial charge in [0.2, 0.25) is 0 Å². The Morgan fingerprint density at radius 2 is 1.85 bits per heavy atom. The van der Waals surface area contributed by atoms with Crippen molar-refractivity contribution in [1.82, 2.24) is 0 Å². The lowest BCUT2D eigenvalue weighted by Gasteiger charge is -2.13. The van der Waals surface area contributed by atoms with Crippen molar-refractivity contribution < 1.29 is 14.3 Å². The van der Waals surface area contributed by atoms with Crippen LogP contribution in [0.1, 0.15) is 22.2 Å². The van der Waals surface area contributed by atoms with Crippen LogP contribution in [-0.4, -0.2) is 18.0 Å². The van der Waals surface area contributed by atoms with E-state index in [1.807, 2.05) is 47.8 Å². The van der Waals surface area contributed by atoms with E-state index in [4.69, 9.17) is 10.00 Å². The number of rotatable bonds is 5. The van der Waals surface area contributed by atoms with Gasteiger partial charge in [0.25, 0.3) is 5.91 Å². The van der Waals surface area contributed by atoms with Crippen LogP contribution in [0.25, 0.3) is 11.1 Å². The Kier molecular flexibility index (Phi) is 5.46. The highest BCUT2D eigenvalue weighted by atomic mass is 32.1. The number of thiophene rings is 2. The zero-order chi connectivity index (χ0) is 18.5. The predicted octanol–water partition coefficient (Wildman–Crippen LogP) is 4.53. The van der Waals surface area contributed by atoms with Crippen LogP contribution >= 0.6 is 22.7 Å². The molecule has 3 aromatic rings. The van der Waals surface area contributed by atoms with Gasteiger partial charge < -0.3 is 10.1 Å². The molecule has 1 atom stereocenters. The second-order valence-corrected chi connectivity index (χ2v) is 7.17. The number of nitrogens with zero attached hydrogens (tertiary/aromatic N) is 1. The van der Waals surface area contributed by atoms with Crippen molar-refractivity contribution in [1.29, 1.82) is 5.26 Å². The molecule has 0 radical (unpaired) electrons. The van der Waals surface area contributed by atoms with Crippen LogP contribution in [0.4, 0.5) is 5.00 Å². The number of ether oxygens (including phenoxy) is 1. The highest BCUT2D eigenvalue weighted by molar-refractivity contribution is 7.14. The van der Waals surface area contributed by atoms with Crippen LogP contribution < -0.4 is 5.32 Å². The summed E-state index contributed by atoms with van der Waals surface area (Å²) in [7, 11) is 0. The summed E-state index contributed by atoms with van der Waals surface area (Å²) in [4.78, 5) is 25.2. The maximum Gasteiger partial charge on any atom is 0.349 e. The number of nitrogens with one attached hydrogen (secondary N) is 1. The second-order valence-electron chi connectivity index (χ2n) is 5.34. The van der Waals surface area contributed by atoms with E-state index in [-0.39, 0.29) is 0 Å². The molecule has 0 unspecified atom stereocenters. The first-order valence-electron chi connectivity index (χ1n) is 7.72. The monoisotopic (exact) mass is 382 g/mol. The molecule has 0 fully saturated rings. The van der Waals surface area contributed by atoms with Gasteiger partial charge in [-0.1, -0.05) is 30.3 Å². The van der Waals surface area contributed by atoms with Crippen LogP contribution in [0.15, 0.2) is 53.2 Å². The third-order valence-corrected chi connectivity index (χ3v) is 5.34. The Balaban J connectivity index is 1.70. The Bertz CT molecular complexity index is 970. The summed E-state index contributed by atoms with van der Waals surface area (Å²) in [6.45, 7) is 1.50. The molecule has 7 heteroatoms. The van der Waals surface area contributed by atoms with E-state index in [9.17, 15) is 9.59 Å². The van der Waals surface area contributed by atoms with Crippen LogP contribution in [0.2, 0.25) is 0 Å². The number of anilines is 1. The van der Waals surface area contributed by atoms with E-state index in [0.29, 0.717) is 15.4 Å². The zero-order valence-corrected chi connectivity index (χ0v) is 15.4. The number of benzene rings is 1. The van der Waals surface area contributed by atoms with Gasteiger partial charge in [0.15, 0.2) is 6.10 Å². The van der Waals surface area contributed by atoms with Crippen LogP contribution in [-0.2, 0) is 9.53 Å². The molecule has 26 heavy (non-hydrogen) atoms. The quantitative estimate of drug-likeness (QED) is 0.658. The topological polar surface area (TPSA) is 79.2 Å². The Morgan fingerprint density at radius 3 is 2.58 bits per heavy atom. The van der Waals surface area contributed by atoms with Crippen LogP contribution in [0.5, 0.6) is 0 Å². The summed E-state index contributed by atoms with van der Waals surface area (Å²) in [5.41, 5.74) is 2.07. The first-order chi connectivity index (χ1) is 12.6. The molecule has 0 aliphatic carbocycles. The maximum absolute atomic E-state index is 12.5. The molecule has 5 nitrogen and oxygen atoms in total. The summed E-state index contributed by atoms with van der Waals surface area (Å²) >= 11 is 2.51. The fourth-order valence-corrected chi connectivity index (χ4v) is 3.83. The summed E-state index contributed by atoms with van der Waals surface area (Å²) < 4.78 is 5.32. The third-order valence-electron chi connectivity index (χ3n) is 3.61. The Hall–Kier alpha value is -2.95. The van der Waals surface area contributed by atoms with E-state index < -0.39 is 18.0 Å². The standard InChI is InChI=1S/C19H14N2O3S2/c1-12(17(22)21-18-14(11-20)7-9-26-18)24-19(23)16-15(8-10-25-16)13-5-3-2-4-6-13/h2-10,12H,1H3,(H,21,22)/t12-/m1/s1. The Morgan fingerprint density at radius 1 is 1.12 bits per heavy atom. The molecule has 0 saturated carbocycles. The highest BCUT2D eigenvalue weighted by Gasteiger charge is 2.23. The van der Waals surface area contributed by atoms with Gasteiger partial charge in [0.1, 0.15) is 15.9 Å². The van der Waals surface area contributed by atoms with Gasteiger partial charge >= 0.3 is 5.97 Å². The average Bonchev–Trinajstić information content (AvgIpc) is 3.31. The van der Waals surface area contributed by atoms with Gasteiger partial charge in [0, 0.05) is 5.56 Å². The van der Waals surface area contributed by atoms with Crippen molar-refractivity contribution in [2.45, 2.75) is 13.0 Å². The lowest BCUT2D eigenvalue weighted by Crippen LogP contribution is -2.29. The van der Waals surface area contributed by atoms with Gasteiger partial charge in [-0.25, -0.2) is 4.79 Å². The number of nitriles is 1. The van der Waals surface area contributed by atoms with Crippen LogP contribution in [0.3, 0.4) is 0 Å². The summed E-state index contributed by atoms with van der Waals surface area (Å²) in [6, 6.07) is 15.0. The normalized spacial score (nSPS) is 11.4. The van der Waals surface area contributed by atoms with Gasteiger partial charge in [-0.15, -0.1) is 22.7 Å². The molecule has 130 valence electrons. The molecule has 0 bridgehead atoms. The van der Waals surface area contributed by atoms with E-state index in [1.165, 1.54) is 29.6 Å². The molecular formula is C19H14N2O3S2. The summed E-state index contributed by atoms with van der Waals surface area (Å²) in [6.07, 6.45) is -0.984. The first kappa shape index (κ1) is 17.9. The van der Waals surface area contributed by atoms with E-state index in [2.05, 4.69) is 5.32 Å². The van der Waals surface area contributed by atoms with E-state index >= 15 is 0 Å². The molecular weight excluding hydrogens is 368 g/mol. The van der Waals surface area contributed by atoms with E-state index in [1.54, 1.807) is 11.4 Å². The molecule has 1 aromatic carbocycles. The number of hydrogen-bond donors (Lipinski definition) is 1. The fourth-order valence-electron chi connectivity index (χ4n) is 2.29. The van der Waals surface area contributed by atoms with Crippen molar-refractivity contribution in [2.24, 2.45) is 0 Å². The van der Waals surface area contributed by atoms with Gasteiger partial charge in [0.05, 0.1) is 5.56 Å². The number of carbonyl (C=O) groups excluding carboxylic acids is 2. The molecule has 1 amide bonds. The summed E-state index contributed by atoms with van der Waals surface area (Å²) in [5.74, 6) is -1.02. The van der Waals surface area contributed by atoms with Crippen LogP contribution in [0, 0.1) is 11.3 Å². The highest BCUT2D eigenvalue weighted by Crippen LogP contribution is 2.29. The molecule has 3 rings (SSSR count). The smallest absolute Gasteiger partial charge is 0.349 e. The zero-order valence-electron chi connectivity index (χ0n) is 13.8. The van der Waals surface area contributed by atoms with Crippen molar-refractivity contribution >= 4 is 39.6 Å². The minimum Gasteiger partial charge on any atom is -0.448 e. The lowest BCUT2D eigenvalue weighted by molar-refractivity contribution is -0.123. The second kappa shape index (κ2) is 7.95. The lowest BCUT2D eigenvalue weighted by atomic mass is 10.1. The number of amides is 1. The Labute approximate surface area is 158 Å². The van der Waals surface area contributed by atoms with Gasteiger partial charge in [-0.2, -0.15) is 5.26 Å². The molecule has 2 heterocycles. The molecule has 0 aliphatic rings. The molecule has 0 spiro atoms. The van der Waals surface area contributed by atoms with Crippen molar-refractivity contribution in [3.05, 3.63) is 63.7 Å². The average molecular weight is 382 g/mol. The third kappa shape index (κ3) is 3.82. The molecule has 0 saturated heterocycles. The van der Waals surface area contributed by atoms with Crippen molar-refractivity contribution in [3.8, 4) is 17.2 Å². The molecule has 2 aromatic heterocycles. The minimum atomic E-state index is -0.984. The van der Waals surface area contributed by atoms with Gasteiger partial charge in [-0.3, -0.25) is 4.79 Å². The largest absolute Gasteiger partial charge is 0.448 e. The summed E-state index contributed by atoms with van der Waals surface area (Å²) in [5, 5.41) is 15.6. The number of carbonyl (C=O) groups is 2. The van der Waals surface area contributed by atoms with Gasteiger partial charge in [-0.05, 0) is 35.4 Å². The molecule has 0 aliphatic heterocycles. The fraction of sp³-hybridized carbons (Fsp3) is 0.105. The van der Waals surface area contributed by atoms with E-state index in [0.717, 1.165) is 11.1 Å². The first-order valence-corrected chi connectivity index (χ1v) is 9.48. The predicted molar refractivity (Wildman–Crippen MR) is 102 cm³/mol. The van der Waals surface area contributed by atoms with Crippen molar-refractivity contribution in [3.63, 3.8) is 0 Å². The maximum atomic E-state index is 12.5. The minimum absolute atomic E-state index is 0.381. The SMILES string of the molecule is C[C@@H](OC(=O)c1sccc1-c1ccccc1)C(=O)Nc1sccc1C#N.